The lowest BCUT2D eigenvalue weighted by Crippen LogP contribution is -2.01. The molecule has 116 valence electrons. The lowest BCUT2D eigenvalue weighted by molar-refractivity contribution is 0.102. The quantitative estimate of drug-likeness (QED) is 0.402. The fraction of sp³-hybridized carbons (Fsp3) is 0.0625. The number of aromatic nitrogens is 2. The third-order valence-electron chi connectivity index (χ3n) is 3.09. The van der Waals surface area contributed by atoms with Crippen LogP contribution >= 0.6 is 27.7 Å². The number of rotatable bonds is 5. The highest BCUT2D eigenvalue weighted by molar-refractivity contribution is 9.10. The maximum absolute atomic E-state index is 12.1. The number of Topliss-reactive ketones (excluding diaryl/α,β-unsaturated/α-hetero) is 1. The normalized spacial score (nSPS) is 10.7. The van der Waals surface area contributed by atoms with Gasteiger partial charge < -0.3 is 10.2 Å². The van der Waals surface area contributed by atoms with E-state index in [1.165, 1.54) is 11.8 Å². The first-order valence-electron chi connectivity index (χ1n) is 6.73. The molecule has 0 radical (unpaired) electrons. The lowest BCUT2D eigenvalue weighted by atomic mass is 10.2. The molecule has 2 N–H and O–H groups in total. The number of nitrogens with zero attached hydrogens (tertiary/aromatic N) is 2. The number of para-hydroxylation sites is 1. The summed E-state index contributed by atoms with van der Waals surface area (Å²) < 4.78 is 6.49. The fourth-order valence-electron chi connectivity index (χ4n) is 1.92. The summed E-state index contributed by atoms with van der Waals surface area (Å²) in [5, 5.41) is 8.26. The zero-order valence-corrected chi connectivity index (χ0v) is 14.3. The Kier molecular flexibility index (Phi) is 4.78. The molecular formula is C16H12BrN3O2S. The van der Waals surface area contributed by atoms with Gasteiger partial charge in [0.05, 0.1) is 11.3 Å². The van der Waals surface area contributed by atoms with Crippen LogP contribution in [0.4, 0.5) is 5.69 Å². The highest BCUT2D eigenvalue weighted by Crippen LogP contribution is 2.27. The molecule has 0 bridgehead atoms. The number of nitrogen functional groups attached to an aromatic ring is 1. The summed E-state index contributed by atoms with van der Waals surface area (Å²) in [7, 11) is 0. The number of carbonyl (C=O) groups excluding carboxylic acids is 1. The number of carbonyl (C=O) groups is 1. The predicted octanol–water partition coefficient (Wildman–Crippen LogP) is 4.06. The number of thioether (sulfide) groups is 1. The van der Waals surface area contributed by atoms with E-state index in [0.717, 1.165) is 4.47 Å². The second kappa shape index (κ2) is 6.97. The van der Waals surface area contributed by atoms with Gasteiger partial charge in [-0.15, -0.1) is 10.2 Å². The minimum atomic E-state index is 0.00137. The Labute approximate surface area is 145 Å². The first-order chi connectivity index (χ1) is 11.1. The highest BCUT2D eigenvalue weighted by atomic mass is 79.9. The van der Waals surface area contributed by atoms with Crippen LogP contribution in [0.15, 0.2) is 62.6 Å². The monoisotopic (exact) mass is 389 g/mol. The standard InChI is InChI=1S/C16H12BrN3O2S/c17-11-7-5-10(6-8-11)14(21)9-23-16-20-19-15(22-16)12-3-1-2-4-13(12)18/h1-8H,9,18H2. The number of hydrogen-bond acceptors (Lipinski definition) is 6. The topological polar surface area (TPSA) is 82.0 Å². The van der Waals surface area contributed by atoms with Gasteiger partial charge in [0.2, 0.25) is 0 Å². The number of nitrogens with two attached hydrogens (primary N) is 1. The summed E-state index contributed by atoms with van der Waals surface area (Å²) in [5.74, 6) is 0.580. The molecule has 0 unspecified atom stereocenters. The van der Waals surface area contributed by atoms with Crippen LogP contribution in [0.2, 0.25) is 0 Å². The molecule has 23 heavy (non-hydrogen) atoms. The Bertz CT molecular complexity index is 833. The first-order valence-corrected chi connectivity index (χ1v) is 8.51. The molecule has 3 aromatic rings. The van der Waals surface area contributed by atoms with E-state index in [1.807, 2.05) is 30.3 Å². The van der Waals surface area contributed by atoms with Gasteiger partial charge in [-0.05, 0) is 24.3 Å². The molecule has 0 aliphatic rings. The predicted molar refractivity (Wildman–Crippen MR) is 93.3 cm³/mol. The molecule has 1 aromatic heterocycles. The molecule has 0 spiro atoms. The molecular weight excluding hydrogens is 378 g/mol. The molecule has 0 saturated carbocycles. The number of anilines is 1. The molecule has 0 amide bonds. The van der Waals surface area contributed by atoms with E-state index in [9.17, 15) is 4.79 Å². The van der Waals surface area contributed by atoms with Crippen molar-refractivity contribution in [2.45, 2.75) is 5.22 Å². The molecule has 0 fully saturated rings. The van der Waals surface area contributed by atoms with Crippen LogP contribution in [0.25, 0.3) is 11.5 Å². The van der Waals surface area contributed by atoms with E-state index in [1.54, 1.807) is 18.2 Å². The SMILES string of the molecule is Nc1ccccc1-c1nnc(SCC(=O)c2ccc(Br)cc2)o1. The van der Waals surface area contributed by atoms with E-state index in [0.29, 0.717) is 27.9 Å². The van der Waals surface area contributed by atoms with Crippen molar-refractivity contribution in [2.75, 3.05) is 11.5 Å². The van der Waals surface area contributed by atoms with Gasteiger partial charge in [0.15, 0.2) is 5.78 Å². The van der Waals surface area contributed by atoms with Crippen LogP contribution in [-0.2, 0) is 0 Å². The summed E-state index contributed by atoms with van der Waals surface area (Å²) in [6.45, 7) is 0. The van der Waals surface area contributed by atoms with Crippen molar-refractivity contribution in [1.29, 1.82) is 0 Å². The largest absolute Gasteiger partial charge is 0.411 e. The Balaban J connectivity index is 1.67. The number of hydrogen-bond donors (Lipinski definition) is 1. The summed E-state index contributed by atoms with van der Waals surface area (Å²) in [6.07, 6.45) is 0. The van der Waals surface area contributed by atoms with E-state index in [4.69, 9.17) is 10.2 Å². The minimum Gasteiger partial charge on any atom is -0.411 e. The van der Waals surface area contributed by atoms with E-state index < -0.39 is 0 Å². The Morgan fingerprint density at radius 3 is 2.61 bits per heavy atom. The molecule has 7 heteroatoms. The molecule has 1 heterocycles. The number of halogens is 1. The van der Waals surface area contributed by atoms with Crippen LogP contribution in [0.3, 0.4) is 0 Å². The molecule has 2 aromatic carbocycles. The molecule has 0 atom stereocenters. The summed E-state index contributed by atoms with van der Waals surface area (Å²) in [5.41, 5.74) is 7.78. The molecule has 0 saturated heterocycles. The van der Waals surface area contributed by atoms with Gasteiger partial charge in [0.1, 0.15) is 0 Å². The Hall–Kier alpha value is -2.12. The van der Waals surface area contributed by atoms with Crippen LogP contribution in [0, 0.1) is 0 Å². The smallest absolute Gasteiger partial charge is 0.277 e. The summed E-state index contributed by atoms with van der Waals surface area (Å²) in [4.78, 5) is 12.1. The van der Waals surface area contributed by atoms with E-state index in [2.05, 4.69) is 26.1 Å². The van der Waals surface area contributed by atoms with Crippen molar-refractivity contribution in [3.63, 3.8) is 0 Å². The summed E-state index contributed by atoms with van der Waals surface area (Å²) >= 11 is 4.55. The van der Waals surface area contributed by atoms with Gasteiger partial charge in [0, 0.05) is 15.7 Å². The van der Waals surface area contributed by atoms with Crippen LogP contribution in [-0.4, -0.2) is 21.7 Å². The maximum atomic E-state index is 12.1. The van der Waals surface area contributed by atoms with Gasteiger partial charge in [-0.1, -0.05) is 52.0 Å². The first kappa shape index (κ1) is 15.8. The van der Waals surface area contributed by atoms with Crippen molar-refractivity contribution in [1.82, 2.24) is 10.2 Å². The molecule has 0 aliphatic carbocycles. The zero-order valence-electron chi connectivity index (χ0n) is 11.9. The fourth-order valence-corrected chi connectivity index (χ4v) is 2.84. The van der Waals surface area contributed by atoms with Gasteiger partial charge >= 0.3 is 0 Å². The highest BCUT2D eigenvalue weighted by Gasteiger charge is 2.13. The molecule has 5 nitrogen and oxygen atoms in total. The van der Waals surface area contributed by atoms with Gasteiger partial charge in [-0.2, -0.15) is 0 Å². The number of benzene rings is 2. The van der Waals surface area contributed by atoms with Crippen molar-refractivity contribution in [2.24, 2.45) is 0 Å². The lowest BCUT2D eigenvalue weighted by Gasteiger charge is -2.00. The van der Waals surface area contributed by atoms with Crippen LogP contribution in [0.5, 0.6) is 0 Å². The molecule has 3 rings (SSSR count). The summed E-state index contributed by atoms with van der Waals surface area (Å²) in [6, 6.07) is 14.5. The maximum Gasteiger partial charge on any atom is 0.277 e. The van der Waals surface area contributed by atoms with Crippen LogP contribution < -0.4 is 5.73 Å². The average molecular weight is 390 g/mol. The average Bonchev–Trinajstić information content (AvgIpc) is 3.02. The van der Waals surface area contributed by atoms with Gasteiger partial charge in [-0.25, -0.2) is 0 Å². The zero-order chi connectivity index (χ0) is 16.2. The third kappa shape index (κ3) is 3.80. The van der Waals surface area contributed by atoms with Crippen molar-refractivity contribution >= 4 is 39.2 Å². The number of ketones is 1. The Morgan fingerprint density at radius 1 is 1.13 bits per heavy atom. The van der Waals surface area contributed by atoms with Gasteiger partial charge in [-0.3, -0.25) is 4.79 Å². The molecule has 0 aliphatic heterocycles. The van der Waals surface area contributed by atoms with Crippen molar-refractivity contribution < 1.29 is 9.21 Å². The Morgan fingerprint density at radius 2 is 1.87 bits per heavy atom. The van der Waals surface area contributed by atoms with Crippen LogP contribution in [0.1, 0.15) is 10.4 Å². The van der Waals surface area contributed by atoms with Crippen molar-refractivity contribution in [3.05, 3.63) is 58.6 Å². The van der Waals surface area contributed by atoms with E-state index >= 15 is 0 Å². The van der Waals surface area contributed by atoms with Gasteiger partial charge in [0.25, 0.3) is 11.1 Å². The second-order valence-electron chi connectivity index (χ2n) is 4.68. The second-order valence-corrected chi connectivity index (χ2v) is 6.52. The third-order valence-corrected chi connectivity index (χ3v) is 4.44. The van der Waals surface area contributed by atoms with Crippen molar-refractivity contribution in [3.8, 4) is 11.5 Å². The minimum absolute atomic E-state index is 0.00137. The van der Waals surface area contributed by atoms with E-state index in [-0.39, 0.29) is 11.5 Å².